The maximum absolute atomic E-state index is 12.7. The molecule has 0 saturated carbocycles. The summed E-state index contributed by atoms with van der Waals surface area (Å²) in [5.74, 6) is -0.405. The Labute approximate surface area is 168 Å². The Morgan fingerprint density at radius 2 is 2.00 bits per heavy atom. The van der Waals surface area contributed by atoms with Gasteiger partial charge in [-0.15, -0.1) is 0 Å². The van der Waals surface area contributed by atoms with Crippen molar-refractivity contribution >= 4 is 28.9 Å². The van der Waals surface area contributed by atoms with Crippen LogP contribution in [0.4, 0.5) is 0 Å². The van der Waals surface area contributed by atoms with E-state index < -0.39 is 0 Å². The third-order valence-corrected chi connectivity index (χ3v) is 4.78. The molecule has 0 bridgehead atoms. The van der Waals surface area contributed by atoms with E-state index in [9.17, 15) is 9.59 Å². The lowest BCUT2D eigenvalue weighted by Crippen LogP contribution is -2.33. The van der Waals surface area contributed by atoms with Crippen LogP contribution in [-0.2, 0) is 6.42 Å². The Balaban J connectivity index is 1.76. The van der Waals surface area contributed by atoms with E-state index in [0.717, 1.165) is 12.0 Å². The molecule has 1 atom stereocenters. The Hall–Kier alpha value is -2.86. The molecule has 2 heterocycles. The highest BCUT2D eigenvalue weighted by Gasteiger charge is 2.21. The molecule has 0 fully saturated rings. The van der Waals surface area contributed by atoms with Gasteiger partial charge in [0.05, 0.1) is 5.52 Å². The second-order valence-corrected chi connectivity index (χ2v) is 7.09. The van der Waals surface area contributed by atoms with Crippen molar-refractivity contribution in [1.29, 1.82) is 0 Å². The van der Waals surface area contributed by atoms with Crippen molar-refractivity contribution in [2.24, 2.45) is 0 Å². The SMILES string of the molecule is CCC(C)NC(=O)c1nc(C(=O)NCCc2cccc(Cl)c2)c2ccccn12. The minimum atomic E-state index is -0.312. The number of carbonyl (C=O) groups is 2. The molecular weight excluding hydrogens is 376 g/mol. The zero-order valence-corrected chi connectivity index (χ0v) is 16.7. The number of nitrogens with zero attached hydrogens (tertiary/aromatic N) is 2. The Bertz CT molecular complexity index is 999. The van der Waals surface area contributed by atoms with Crippen molar-refractivity contribution in [3.8, 4) is 0 Å². The molecule has 6 nitrogen and oxygen atoms in total. The fourth-order valence-electron chi connectivity index (χ4n) is 2.85. The van der Waals surface area contributed by atoms with E-state index >= 15 is 0 Å². The van der Waals surface area contributed by atoms with Crippen LogP contribution in [0.2, 0.25) is 5.02 Å². The quantitative estimate of drug-likeness (QED) is 0.639. The number of hydrogen-bond acceptors (Lipinski definition) is 3. The fraction of sp³-hybridized carbons (Fsp3) is 0.286. The molecule has 2 amide bonds. The molecule has 2 N–H and O–H groups in total. The predicted octanol–water partition coefficient (Wildman–Crippen LogP) is 3.49. The van der Waals surface area contributed by atoms with E-state index in [2.05, 4.69) is 15.6 Å². The van der Waals surface area contributed by atoms with Crippen molar-refractivity contribution in [3.63, 3.8) is 0 Å². The highest BCUT2D eigenvalue weighted by atomic mass is 35.5. The summed E-state index contributed by atoms with van der Waals surface area (Å²) in [6, 6.07) is 12.9. The van der Waals surface area contributed by atoms with Gasteiger partial charge in [-0.05, 0) is 49.6 Å². The minimum Gasteiger partial charge on any atom is -0.350 e. The van der Waals surface area contributed by atoms with Gasteiger partial charge in [0, 0.05) is 23.8 Å². The Morgan fingerprint density at radius 3 is 2.75 bits per heavy atom. The first-order valence-electron chi connectivity index (χ1n) is 9.30. The lowest BCUT2D eigenvalue weighted by Gasteiger charge is -2.10. The maximum atomic E-state index is 12.7. The normalized spacial score (nSPS) is 12.0. The third-order valence-electron chi connectivity index (χ3n) is 4.54. The van der Waals surface area contributed by atoms with Gasteiger partial charge in [0.2, 0.25) is 5.82 Å². The van der Waals surface area contributed by atoms with Crippen LogP contribution in [-0.4, -0.2) is 33.8 Å². The first-order valence-corrected chi connectivity index (χ1v) is 9.68. The van der Waals surface area contributed by atoms with Gasteiger partial charge in [-0.25, -0.2) is 4.98 Å². The monoisotopic (exact) mass is 398 g/mol. The first kappa shape index (κ1) is 19.9. The summed E-state index contributed by atoms with van der Waals surface area (Å²) >= 11 is 5.99. The number of aromatic nitrogens is 2. The summed E-state index contributed by atoms with van der Waals surface area (Å²) in [6.45, 7) is 4.37. The number of amides is 2. The number of fused-ring (bicyclic) bond motifs is 1. The van der Waals surface area contributed by atoms with Gasteiger partial charge >= 0.3 is 0 Å². The van der Waals surface area contributed by atoms with Gasteiger partial charge in [-0.1, -0.05) is 36.7 Å². The lowest BCUT2D eigenvalue weighted by atomic mass is 10.1. The summed E-state index contributed by atoms with van der Waals surface area (Å²) in [5, 5.41) is 6.43. The zero-order chi connectivity index (χ0) is 20.1. The van der Waals surface area contributed by atoms with E-state index in [1.54, 1.807) is 22.7 Å². The van der Waals surface area contributed by atoms with Crippen molar-refractivity contribution < 1.29 is 9.59 Å². The van der Waals surface area contributed by atoms with E-state index in [1.807, 2.05) is 44.2 Å². The number of benzene rings is 1. The van der Waals surface area contributed by atoms with Gasteiger partial charge in [-0.2, -0.15) is 0 Å². The number of halogens is 1. The molecule has 0 spiro atoms. The summed E-state index contributed by atoms with van der Waals surface area (Å²) in [7, 11) is 0. The fourth-order valence-corrected chi connectivity index (χ4v) is 3.06. The number of hydrogen-bond donors (Lipinski definition) is 2. The highest BCUT2D eigenvalue weighted by molar-refractivity contribution is 6.30. The lowest BCUT2D eigenvalue weighted by molar-refractivity contribution is 0.0928. The molecule has 0 aliphatic heterocycles. The number of nitrogens with one attached hydrogen (secondary N) is 2. The molecule has 0 saturated heterocycles. The molecule has 0 aliphatic carbocycles. The largest absolute Gasteiger partial charge is 0.350 e. The van der Waals surface area contributed by atoms with Gasteiger partial charge in [0.25, 0.3) is 11.8 Å². The maximum Gasteiger partial charge on any atom is 0.287 e. The number of imidazole rings is 1. The van der Waals surface area contributed by atoms with Crippen molar-refractivity contribution in [3.05, 3.63) is 70.8 Å². The van der Waals surface area contributed by atoms with Crippen LogP contribution in [0.3, 0.4) is 0 Å². The third kappa shape index (κ3) is 4.51. The molecule has 7 heteroatoms. The van der Waals surface area contributed by atoms with Crippen LogP contribution in [0, 0.1) is 0 Å². The van der Waals surface area contributed by atoms with Crippen molar-refractivity contribution in [2.45, 2.75) is 32.7 Å². The molecule has 0 aliphatic rings. The predicted molar refractivity (Wildman–Crippen MR) is 110 cm³/mol. The van der Waals surface area contributed by atoms with Crippen LogP contribution < -0.4 is 10.6 Å². The zero-order valence-electron chi connectivity index (χ0n) is 15.9. The summed E-state index contributed by atoms with van der Waals surface area (Å²) in [4.78, 5) is 29.6. The average molecular weight is 399 g/mol. The second-order valence-electron chi connectivity index (χ2n) is 6.66. The molecule has 146 valence electrons. The van der Waals surface area contributed by atoms with Crippen LogP contribution in [0.5, 0.6) is 0 Å². The number of carbonyl (C=O) groups excluding carboxylic acids is 2. The first-order chi connectivity index (χ1) is 13.5. The number of pyridine rings is 1. The van der Waals surface area contributed by atoms with E-state index in [4.69, 9.17) is 11.6 Å². The van der Waals surface area contributed by atoms with Crippen LogP contribution in [0.25, 0.3) is 5.52 Å². The Kier molecular flexibility index (Phi) is 6.31. The average Bonchev–Trinajstić information content (AvgIpc) is 3.08. The van der Waals surface area contributed by atoms with Crippen molar-refractivity contribution in [2.75, 3.05) is 6.54 Å². The van der Waals surface area contributed by atoms with Crippen LogP contribution in [0.15, 0.2) is 48.7 Å². The molecule has 0 radical (unpaired) electrons. The number of rotatable bonds is 7. The molecule has 3 rings (SSSR count). The van der Waals surface area contributed by atoms with Gasteiger partial charge in [0.15, 0.2) is 5.69 Å². The van der Waals surface area contributed by atoms with E-state index in [-0.39, 0.29) is 29.4 Å². The van der Waals surface area contributed by atoms with Gasteiger partial charge < -0.3 is 10.6 Å². The topological polar surface area (TPSA) is 75.5 Å². The highest BCUT2D eigenvalue weighted by Crippen LogP contribution is 2.14. The summed E-state index contributed by atoms with van der Waals surface area (Å²) in [6.07, 6.45) is 3.20. The van der Waals surface area contributed by atoms with E-state index in [1.165, 1.54) is 0 Å². The molecule has 2 aromatic heterocycles. The second kappa shape index (κ2) is 8.89. The minimum absolute atomic E-state index is 0.0264. The van der Waals surface area contributed by atoms with Crippen LogP contribution in [0.1, 0.15) is 46.9 Å². The van der Waals surface area contributed by atoms with Crippen molar-refractivity contribution in [1.82, 2.24) is 20.0 Å². The van der Waals surface area contributed by atoms with Gasteiger partial charge in [0.1, 0.15) is 0 Å². The molecular formula is C21H23ClN4O2. The molecule has 3 aromatic rings. The van der Waals surface area contributed by atoms with Crippen LogP contribution >= 0.6 is 11.6 Å². The summed E-state index contributed by atoms with van der Waals surface area (Å²) < 4.78 is 1.64. The summed E-state index contributed by atoms with van der Waals surface area (Å²) in [5.41, 5.74) is 1.87. The Morgan fingerprint density at radius 1 is 1.18 bits per heavy atom. The van der Waals surface area contributed by atoms with E-state index in [0.29, 0.717) is 23.5 Å². The smallest absolute Gasteiger partial charge is 0.287 e. The molecule has 1 aromatic carbocycles. The molecule has 1 unspecified atom stereocenters. The van der Waals surface area contributed by atoms with Gasteiger partial charge in [-0.3, -0.25) is 14.0 Å². The standard InChI is InChI=1S/C21H23ClN4O2/c1-3-14(2)24-21(28)19-25-18(17-9-4-5-12-26(17)19)20(27)23-11-10-15-7-6-8-16(22)13-15/h4-9,12-14H,3,10-11H2,1-2H3,(H,23,27)(H,24,28). The molecule has 28 heavy (non-hydrogen) atoms.